The smallest absolute Gasteiger partial charge is 0.264 e. The van der Waals surface area contributed by atoms with E-state index in [2.05, 4.69) is 20.8 Å². The summed E-state index contributed by atoms with van der Waals surface area (Å²) in [5, 5.41) is 15.0. The van der Waals surface area contributed by atoms with Crippen molar-refractivity contribution >= 4 is 40.0 Å². The van der Waals surface area contributed by atoms with Crippen LogP contribution in [-0.2, 0) is 4.79 Å². The number of anilines is 1. The van der Waals surface area contributed by atoms with Crippen LogP contribution in [0, 0.1) is 13.8 Å². The van der Waals surface area contributed by atoms with E-state index in [0.717, 1.165) is 22.5 Å². The van der Waals surface area contributed by atoms with E-state index in [9.17, 15) is 4.79 Å². The highest BCUT2D eigenvalue weighted by Gasteiger charge is 2.11. The molecular formula is C24H23N5O3S. The highest BCUT2D eigenvalue weighted by Crippen LogP contribution is 2.22. The molecule has 2 N–H and O–H groups in total. The van der Waals surface area contributed by atoms with Crippen molar-refractivity contribution in [3.63, 3.8) is 0 Å². The van der Waals surface area contributed by atoms with E-state index in [1.807, 2.05) is 50.2 Å². The van der Waals surface area contributed by atoms with Gasteiger partial charge in [-0.05, 0) is 80.2 Å². The minimum Gasteiger partial charge on any atom is -0.497 e. The van der Waals surface area contributed by atoms with E-state index in [0.29, 0.717) is 17.0 Å². The van der Waals surface area contributed by atoms with Crippen LogP contribution in [0.25, 0.3) is 16.7 Å². The van der Waals surface area contributed by atoms with Crippen LogP contribution in [0.15, 0.2) is 60.7 Å². The van der Waals surface area contributed by atoms with Crippen LogP contribution in [0.1, 0.15) is 11.1 Å². The van der Waals surface area contributed by atoms with Crippen LogP contribution in [0.4, 0.5) is 5.69 Å². The van der Waals surface area contributed by atoms with Gasteiger partial charge >= 0.3 is 0 Å². The van der Waals surface area contributed by atoms with E-state index in [-0.39, 0.29) is 17.6 Å². The molecule has 0 spiro atoms. The van der Waals surface area contributed by atoms with Gasteiger partial charge in [-0.25, -0.2) is 0 Å². The number of rotatable bonds is 6. The topological polar surface area (TPSA) is 90.3 Å². The number of hydrogen-bond donors (Lipinski definition) is 2. The summed E-state index contributed by atoms with van der Waals surface area (Å²) in [7, 11) is 1.59. The molecule has 4 aromatic rings. The molecule has 0 aliphatic carbocycles. The maximum Gasteiger partial charge on any atom is 0.264 e. The number of thiocarbonyl (C=S) groups is 1. The van der Waals surface area contributed by atoms with Crippen LogP contribution in [-0.4, -0.2) is 39.7 Å². The fourth-order valence-electron chi connectivity index (χ4n) is 3.13. The first-order chi connectivity index (χ1) is 15.9. The summed E-state index contributed by atoms with van der Waals surface area (Å²) in [5.41, 5.74) is 5.18. The first-order valence-corrected chi connectivity index (χ1v) is 10.6. The maximum absolute atomic E-state index is 12.2. The fraction of sp³-hybridized carbons (Fsp3) is 0.167. The van der Waals surface area contributed by atoms with Crippen molar-refractivity contribution in [3.05, 3.63) is 71.8 Å². The third-order valence-corrected chi connectivity index (χ3v) is 5.13. The molecule has 9 heteroatoms. The van der Waals surface area contributed by atoms with Crippen molar-refractivity contribution in [2.24, 2.45) is 0 Å². The molecule has 33 heavy (non-hydrogen) atoms. The van der Waals surface area contributed by atoms with Crippen molar-refractivity contribution < 1.29 is 14.3 Å². The summed E-state index contributed by atoms with van der Waals surface area (Å²) in [6.45, 7) is 3.80. The van der Waals surface area contributed by atoms with Crippen LogP contribution >= 0.6 is 12.2 Å². The molecule has 8 nitrogen and oxygen atoms in total. The van der Waals surface area contributed by atoms with Crippen molar-refractivity contribution in [2.75, 3.05) is 19.0 Å². The van der Waals surface area contributed by atoms with Gasteiger partial charge in [-0.1, -0.05) is 17.7 Å². The molecule has 0 saturated heterocycles. The lowest BCUT2D eigenvalue weighted by molar-refractivity contribution is -0.121. The minimum absolute atomic E-state index is 0.170. The van der Waals surface area contributed by atoms with Gasteiger partial charge < -0.3 is 14.8 Å². The Balaban J connectivity index is 1.38. The molecule has 0 radical (unpaired) electrons. The van der Waals surface area contributed by atoms with Crippen LogP contribution in [0.5, 0.6) is 11.5 Å². The van der Waals surface area contributed by atoms with Gasteiger partial charge in [0.15, 0.2) is 11.7 Å². The number of aryl methyl sites for hydroxylation is 2. The standard InChI is InChI=1S/C24H23N5O3S/c1-15-4-6-17(7-5-15)29-27-21-12-16(2)20(13-22(21)28-29)25-24(33)26-23(30)14-32-19-10-8-18(31-3)9-11-19/h4-13H,14H2,1-3H3,(H2,25,26,30,33). The Morgan fingerprint density at radius 3 is 2.27 bits per heavy atom. The van der Waals surface area contributed by atoms with Crippen LogP contribution in [0.3, 0.4) is 0 Å². The number of hydrogen-bond acceptors (Lipinski definition) is 6. The summed E-state index contributed by atoms with van der Waals surface area (Å²) in [4.78, 5) is 13.8. The SMILES string of the molecule is COc1ccc(OCC(=O)NC(=S)Nc2cc3nn(-c4ccc(C)cc4)nc3cc2C)cc1. The Morgan fingerprint density at radius 1 is 0.970 bits per heavy atom. The van der Waals surface area contributed by atoms with Crippen LogP contribution < -0.4 is 20.1 Å². The molecule has 3 aromatic carbocycles. The molecule has 0 aliphatic heterocycles. The molecule has 0 aliphatic rings. The average Bonchev–Trinajstić information content (AvgIpc) is 3.21. The number of ether oxygens (including phenoxy) is 2. The number of fused-ring (bicyclic) bond motifs is 1. The molecule has 0 unspecified atom stereocenters. The first kappa shape index (κ1) is 22.2. The lowest BCUT2D eigenvalue weighted by Crippen LogP contribution is -2.37. The maximum atomic E-state index is 12.2. The summed E-state index contributed by atoms with van der Waals surface area (Å²) in [5.74, 6) is 0.901. The Hall–Kier alpha value is -3.98. The number of methoxy groups -OCH3 is 1. The number of nitrogens with zero attached hydrogens (tertiary/aromatic N) is 3. The van der Waals surface area contributed by atoms with Crippen LogP contribution in [0.2, 0.25) is 0 Å². The number of benzene rings is 3. The first-order valence-electron chi connectivity index (χ1n) is 10.2. The number of carbonyl (C=O) groups is 1. The monoisotopic (exact) mass is 461 g/mol. The second-order valence-electron chi connectivity index (χ2n) is 7.45. The quantitative estimate of drug-likeness (QED) is 0.420. The Kier molecular flexibility index (Phi) is 6.50. The molecule has 1 aromatic heterocycles. The zero-order valence-electron chi connectivity index (χ0n) is 18.5. The van der Waals surface area contributed by atoms with Gasteiger partial charge in [-0.15, -0.1) is 10.2 Å². The molecular weight excluding hydrogens is 438 g/mol. The predicted molar refractivity (Wildman–Crippen MR) is 131 cm³/mol. The second kappa shape index (κ2) is 9.66. The molecule has 168 valence electrons. The Morgan fingerprint density at radius 2 is 1.61 bits per heavy atom. The minimum atomic E-state index is -0.368. The largest absolute Gasteiger partial charge is 0.497 e. The van der Waals surface area contributed by atoms with Gasteiger partial charge in [-0.2, -0.15) is 4.80 Å². The lowest BCUT2D eigenvalue weighted by Gasteiger charge is -2.12. The number of carbonyl (C=O) groups excluding carboxylic acids is 1. The van der Waals surface area contributed by atoms with Gasteiger partial charge in [-0.3, -0.25) is 10.1 Å². The zero-order chi connectivity index (χ0) is 23.4. The predicted octanol–water partition coefficient (Wildman–Crippen LogP) is 3.94. The molecule has 4 rings (SSSR count). The lowest BCUT2D eigenvalue weighted by atomic mass is 10.2. The van der Waals surface area contributed by atoms with Gasteiger partial charge in [0.25, 0.3) is 5.91 Å². The zero-order valence-corrected chi connectivity index (χ0v) is 19.3. The van der Waals surface area contributed by atoms with E-state index in [4.69, 9.17) is 21.7 Å². The normalized spacial score (nSPS) is 10.6. The Labute approximate surface area is 196 Å². The molecule has 0 atom stereocenters. The highest BCUT2D eigenvalue weighted by molar-refractivity contribution is 7.80. The van der Waals surface area contributed by atoms with E-state index >= 15 is 0 Å². The fourth-order valence-corrected chi connectivity index (χ4v) is 3.36. The molecule has 1 amide bonds. The van der Waals surface area contributed by atoms with Gasteiger partial charge in [0, 0.05) is 5.69 Å². The van der Waals surface area contributed by atoms with Gasteiger partial charge in [0.2, 0.25) is 0 Å². The van der Waals surface area contributed by atoms with Crippen molar-refractivity contribution in [1.29, 1.82) is 0 Å². The molecule has 0 fully saturated rings. The second-order valence-corrected chi connectivity index (χ2v) is 7.86. The van der Waals surface area contributed by atoms with Crippen molar-refractivity contribution in [3.8, 4) is 17.2 Å². The third kappa shape index (κ3) is 5.45. The van der Waals surface area contributed by atoms with Crippen molar-refractivity contribution in [1.82, 2.24) is 20.3 Å². The number of aromatic nitrogens is 3. The summed E-state index contributed by atoms with van der Waals surface area (Å²) in [6, 6.07) is 18.7. The van der Waals surface area contributed by atoms with E-state index < -0.39 is 0 Å². The molecule has 0 saturated carbocycles. The van der Waals surface area contributed by atoms with Gasteiger partial charge in [0.05, 0.1) is 12.8 Å². The number of nitrogens with one attached hydrogen (secondary N) is 2. The third-order valence-electron chi connectivity index (χ3n) is 4.92. The Bertz CT molecular complexity index is 1300. The molecule has 0 bridgehead atoms. The summed E-state index contributed by atoms with van der Waals surface area (Å²) < 4.78 is 10.6. The van der Waals surface area contributed by atoms with Crippen molar-refractivity contribution in [2.45, 2.75) is 13.8 Å². The van der Waals surface area contributed by atoms with E-state index in [1.54, 1.807) is 36.2 Å². The summed E-state index contributed by atoms with van der Waals surface area (Å²) >= 11 is 5.30. The number of amides is 1. The average molecular weight is 462 g/mol. The van der Waals surface area contributed by atoms with E-state index in [1.165, 1.54) is 5.56 Å². The molecule has 1 heterocycles. The van der Waals surface area contributed by atoms with Gasteiger partial charge in [0.1, 0.15) is 22.5 Å². The summed E-state index contributed by atoms with van der Waals surface area (Å²) in [6.07, 6.45) is 0. The highest BCUT2D eigenvalue weighted by atomic mass is 32.1.